The molecule has 1 aliphatic heterocycles. The summed E-state index contributed by atoms with van der Waals surface area (Å²) in [5.74, 6) is 0.0405. The molecule has 0 bridgehead atoms. The van der Waals surface area contributed by atoms with Gasteiger partial charge in [0.2, 0.25) is 0 Å². The summed E-state index contributed by atoms with van der Waals surface area (Å²) in [7, 11) is 0. The van der Waals surface area contributed by atoms with E-state index in [4.69, 9.17) is 10.5 Å². The molecule has 0 radical (unpaired) electrons. The fourth-order valence-corrected chi connectivity index (χ4v) is 3.17. The minimum atomic E-state index is -0.617. The topological polar surface area (TPSA) is 103 Å². The molecule has 140 valence electrons. The molecular formula is C21H17N3O4. The van der Waals surface area contributed by atoms with E-state index in [0.717, 1.165) is 22.9 Å². The average Bonchev–Trinajstić information content (AvgIpc) is 2.94. The highest BCUT2D eigenvalue weighted by atomic mass is 16.5. The Labute approximate surface area is 160 Å². The lowest BCUT2D eigenvalue weighted by molar-refractivity contribution is 0.0880. The normalized spacial score (nSPS) is 12.6. The van der Waals surface area contributed by atoms with E-state index in [2.05, 4.69) is 5.32 Å². The van der Waals surface area contributed by atoms with Crippen LogP contribution >= 0.6 is 0 Å². The summed E-state index contributed by atoms with van der Waals surface area (Å²) < 4.78 is 7.11. The molecule has 0 fully saturated rings. The van der Waals surface area contributed by atoms with Gasteiger partial charge < -0.3 is 10.5 Å². The largest absolute Gasteiger partial charge is 0.457 e. The maximum absolute atomic E-state index is 12.5. The number of hydrogen-bond acceptors (Lipinski definition) is 5. The Morgan fingerprint density at radius 3 is 2.39 bits per heavy atom. The summed E-state index contributed by atoms with van der Waals surface area (Å²) in [4.78, 5) is 36.2. The Morgan fingerprint density at radius 1 is 0.964 bits per heavy atom. The Morgan fingerprint density at radius 2 is 1.68 bits per heavy atom. The lowest BCUT2D eigenvalue weighted by Crippen LogP contribution is -2.24. The van der Waals surface area contributed by atoms with Crippen LogP contribution in [0.5, 0.6) is 11.5 Å². The number of ether oxygens (including phenoxy) is 1. The van der Waals surface area contributed by atoms with Crippen molar-refractivity contribution < 1.29 is 14.3 Å². The Kier molecular flexibility index (Phi) is 4.00. The minimum absolute atomic E-state index is 0.00127. The molecule has 7 heteroatoms. The van der Waals surface area contributed by atoms with Gasteiger partial charge in [-0.2, -0.15) is 0 Å². The average molecular weight is 375 g/mol. The number of rotatable bonds is 3. The third kappa shape index (κ3) is 2.73. The van der Waals surface area contributed by atoms with Crippen molar-refractivity contribution >= 4 is 17.6 Å². The highest BCUT2D eigenvalue weighted by molar-refractivity contribution is 6.23. The smallest absolute Gasteiger partial charge is 0.262 e. The van der Waals surface area contributed by atoms with Gasteiger partial charge in [-0.1, -0.05) is 12.1 Å². The third-order valence-electron chi connectivity index (χ3n) is 4.83. The van der Waals surface area contributed by atoms with Crippen LogP contribution in [0, 0.1) is 13.8 Å². The molecule has 1 aliphatic rings. The number of carbonyl (C=O) groups excluding carboxylic acids is 2. The van der Waals surface area contributed by atoms with Crippen molar-refractivity contribution in [3.05, 3.63) is 81.1 Å². The number of anilines is 1. The number of aromatic nitrogens is 1. The maximum atomic E-state index is 12.5. The van der Waals surface area contributed by atoms with E-state index in [9.17, 15) is 14.4 Å². The molecule has 4 rings (SSSR count). The number of aryl methyl sites for hydroxylation is 1. The number of amides is 2. The lowest BCUT2D eigenvalue weighted by atomic mass is 10.1. The van der Waals surface area contributed by atoms with E-state index in [0.29, 0.717) is 11.4 Å². The number of nitrogens with one attached hydrogen (secondary N) is 1. The SMILES string of the molecule is Cc1cccc(Oc2ccc(-n3c(N)c4c(cc3=O)C(=O)NC4=O)cc2)c1C. The molecule has 7 nitrogen and oxygen atoms in total. The first kappa shape index (κ1) is 17.5. The van der Waals surface area contributed by atoms with Crippen molar-refractivity contribution in [1.29, 1.82) is 0 Å². The lowest BCUT2D eigenvalue weighted by Gasteiger charge is -2.13. The molecule has 1 aromatic heterocycles. The van der Waals surface area contributed by atoms with Crippen LogP contribution in [-0.4, -0.2) is 16.4 Å². The molecule has 0 unspecified atom stereocenters. The van der Waals surface area contributed by atoms with Gasteiger partial charge in [0.05, 0.1) is 16.8 Å². The number of pyridine rings is 1. The summed E-state index contributed by atoms with van der Waals surface area (Å²) in [5, 5.41) is 2.15. The second kappa shape index (κ2) is 6.38. The van der Waals surface area contributed by atoms with Gasteiger partial charge in [0, 0.05) is 6.07 Å². The number of hydrogen-bond donors (Lipinski definition) is 2. The second-order valence-electron chi connectivity index (χ2n) is 6.57. The van der Waals surface area contributed by atoms with Gasteiger partial charge >= 0.3 is 0 Å². The van der Waals surface area contributed by atoms with Crippen LogP contribution < -0.4 is 21.3 Å². The summed E-state index contributed by atoms with van der Waals surface area (Å²) in [5.41, 5.74) is 8.18. The van der Waals surface area contributed by atoms with Gasteiger partial charge in [0.1, 0.15) is 17.3 Å². The number of carbonyl (C=O) groups is 2. The zero-order valence-corrected chi connectivity index (χ0v) is 15.3. The summed E-state index contributed by atoms with van der Waals surface area (Å²) >= 11 is 0. The fraction of sp³-hybridized carbons (Fsp3) is 0.0952. The van der Waals surface area contributed by atoms with E-state index < -0.39 is 17.4 Å². The Hall–Kier alpha value is -3.87. The second-order valence-corrected chi connectivity index (χ2v) is 6.57. The van der Waals surface area contributed by atoms with Gasteiger partial charge in [-0.15, -0.1) is 0 Å². The number of benzene rings is 2. The summed E-state index contributed by atoms with van der Waals surface area (Å²) in [6.07, 6.45) is 0. The van der Waals surface area contributed by atoms with Gasteiger partial charge in [0.25, 0.3) is 17.4 Å². The van der Waals surface area contributed by atoms with Crippen LogP contribution in [0.25, 0.3) is 5.69 Å². The van der Waals surface area contributed by atoms with Gasteiger partial charge in [0.15, 0.2) is 0 Å². The molecule has 3 N–H and O–H groups in total. The van der Waals surface area contributed by atoms with Gasteiger partial charge in [-0.05, 0) is 55.3 Å². The number of imide groups is 1. The maximum Gasteiger partial charge on any atom is 0.262 e. The van der Waals surface area contributed by atoms with Crippen molar-refractivity contribution in [3.63, 3.8) is 0 Å². The van der Waals surface area contributed by atoms with Crippen molar-refractivity contribution in [1.82, 2.24) is 9.88 Å². The highest BCUT2D eigenvalue weighted by Crippen LogP contribution is 2.28. The molecule has 0 atom stereocenters. The molecule has 0 aliphatic carbocycles. The molecule has 2 aromatic carbocycles. The molecule has 2 heterocycles. The van der Waals surface area contributed by atoms with Crippen molar-refractivity contribution in [2.45, 2.75) is 13.8 Å². The van der Waals surface area contributed by atoms with Crippen molar-refractivity contribution in [2.24, 2.45) is 0 Å². The zero-order chi connectivity index (χ0) is 20.0. The van der Waals surface area contributed by atoms with Crippen LogP contribution in [0.15, 0.2) is 53.3 Å². The highest BCUT2D eigenvalue weighted by Gasteiger charge is 2.31. The van der Waals surface area contributed by atoms with Crippen LogP contribution in [0.3, 0.4) is 0 Å². The summed E-state index contributed by atoms with van der Waals surface area (Å²) in [6.45, 7) is 3.99. The van der Waals surface area contributed by atoms with E-state index in [1.165, 1.54) is 4.57 Å². The van der Waals surface area contributed by atoms with E-state index in [1.54, 1.807) is 24.3 Å². The molecule has 2 amide bonds. The predicted octanol–water partition coefficient (Wildman–Crippen LogP) is 2.71. The first-order valence-electron chi connectivity index (χ1n) is 8.62. The quantitative estimate of drug-likeness (QED) is 0.685. The molecule has 3 aromatic rings. The molecule has 0 saturated heterocycles. The Balaban J connectivity index is 1.71. The number of nitrogens with zero attached hydrogens (tertiary/aromatic N) is 1. The van der Waals surface area contributed by atoms with E-state index in [1.807, 2.05) is 32.0 Å². The molecular weight excluding hydrogens is 358 g/mol. The fourth-order valence-electron chi connectivity index (χ4n) is 3.17. The van der Waals surface area contributed by atoms with Crippen LogP contribution in [0.4, 0.5) is 5.82 Å². The van der Waals surface area contributed by atoms with Gasteiger partial charge in [-0.3, -0.25) is 24.3 Å². The molecule has 0 spiro atoms. The van der Waals surface area contributed by atoms with Gasteiger partial charge in [-0.25, -0.2) is 0 Å². The number of nitrogen functional groups attached to an aromatic ring is 1. The van der Waals surface area contributed by atoms with Crippen molar-refractivity contribution in [2.75, 3.05) is 5.73 Å². The van der Waals surface area contributed by atoms with Crippen LogP contribution in [0.2, 0.25) is 0 Å². The van der Waals surface area contributed by atoms with Crippen LogP contribution in [0.1, 0.15) is 31.8 Å². The molecule has 0 saturated carbocycles. The number of nitrogens with two attached hydrogens (primary N) is 1. The third-order valence-corrected chi connectivity index (χ3v) is 4.83. The minimum Gasteiger partial charge on any atom is -0.457 e. The van der Waals surface area contributed by atoms with E-state index >= 15 is 0 Å². The zero-order valence-electron chi connectivity index (χ0n) is 15.3. The Bertz CT molecular complexity index is 1190. The molecule has 28 heavy (non-hydrogen) atoms. The standard InChI is InChI=1S/C21H17N3O4/c1-11-4-3-5-16(12(11)2)28-14-8-6-13(7-9-14)24-17(25)10-15-18(19(24)22)21(27)23-20(15)26/h3-10H,22H2,1-2H3,(H,23,26,27). The van der Waals surface area contributed by atoms with E-state index in [-0.39, 0.29) is 16.9 Å². The predicted molar refractivity (Wildman–Crippen MR) is 104 cm³/mol. The number of fused-ring (bicyclic) bond motifs is 1. The van der Waals surface area contributed by atoms with Crippen molar-refractivity contribution in [3.8, 4) is 17.2 Å². The first-order chi connectivity index (χ1) is 13.4. The summed E-state index contributed by atoms with van der Waals surface area (Å²) in [6, 6.07) is 13.7. The first-order valence-corrected chi connectivity index (χ1v) is 8.62. The monoisotopic (exact) mass is 375 g/mol. The van der Waals surface area contributed by atoms with Crippen LogP contribution in [-0.2, 0) is 0 Å².